The lowest BCUT2D eigenvalue weighted by Gasteiger charge is -2.29. The predicted molar refractivity (Wildman–Crippen MR) is 102 cm³/mol. The molecule has 1 aromatic rings. The smallest absolute Gasteiger partial charge is 0.424 e. The molecule has 0 spiro atoms. The number of carbonyl (C=O) groups excluding carboxylic acids is 3. The van der Waals surface area contributed by atoms with Crippen LogP contribution in [0.4, 0.5) is 15.3 Å². The van der Waals surface area contributed by atoms with Gasteiger partial charge in [0.05, 0.1) is 24.7 Å². The molecule has 0 saturated heterocycles. The number of ether oxygens (including phenoxy) is 3. The van der Waals surface area contributed by atoms with Crippen molar-refractivity contribution < 1.29 is 28.6 Å². The van der Waals surface area contributed by atoms with Gasteiger partial charge in [-0.25, -0.2) is 19.4 Å². The molecule has 0 aliphatic heterocycles. The Morgan fingerprint density at radius 3 is 1.93 bits per heavy atom. The number of hydrazone groups is 1. The first-order valence-electron chi connectivity index (χ1n) is 8.38. The van der Waals surface area contributed by atoms with Crippen molar-refractivity contribution in [3.05, 3.63) is 23.5 Å². The zero-order valence-electron chi connectivity index (χ0n) is 17.1. The molecular weight excluding hydrogens is 368 g/mol. The van der Waals surface area contributed by atoms with Crippen molar-refractivity contribution in [2.24, 2.45) is 10.9 Å². The molecule has 1 rings (SSSR count). The van der Waals surface area contributed by atoms with Gasteiger partial charge in [-0.3, -0.25) is 0 Å². The molecule has 2 amide bonds. The lowest BCUT2D eigenvalue weighted by molar-refractivity contribution is 0.0430. The summed E-state index contributed by atoms with van der Waals surface area (Å²) in [4.78, 5) is 42.3. The van der Waals surface area contributed by atoms with E-state index in [4.69, 9.17) is 20.1 Å². The van der Waals surface area contributed by atoms with Crippen LogP contribution in [0.25, 0.3) is 0 Å². The van der Waals surface area contributed by atoms with Crippen LogP contribution in [0.3, 0.4) is 0 Å². The average Bonchev–Trinajstić information content (AvgIpc) is 2.52. The molecule has 0 bridgehead atoms. The normalized spacial score (nSPS) is 11.8. The average molecular weight is 394 g/mol. The fourth-order valence-corrected chi connectivity index (χ4v) is 1.93. The third-order valence-electron chi connectivity index (χ3n) is 2.87. The van der Waals surface area contributed by atoms with Crippen LogP contribution in [0.5, 0.6) is 0 Å². The maximum absolute atomic E-state index is 12.7. The SMILES string of the molecule is COC(=O)c1nc(/C=N/N)ccc1N(C(=O)OC(C)(C)C)C(=O)OC(C)(C)C. The summed E-state index contributed by atoms with van der Waals surface area (Å²) in [6, 6.07) is 2.74. The highest BCUT2D eigenvalue weighted by atomic mass is 16.6. The summed E-state index contributed by atoms with van der Waals surface area (Å²) in [5.74, 6) is 4.23. The van der Waals surface area contributed by atoms with Crippen molar-refractivity contribution in [3.8, 4) is 0 Å². The second kappa shape index (κ2) is 8.68. The van der Waals surface area contributed by atoms with Gasteiger partial charge >= 0.3 is 18.2 Å². The number of rotatable bonds is 3. The zero-order chi connectivity index (χ0) is 21.7. The van der Waals surface area contributed by atoms with Crippen LogP contribution in [0.2, 0.25) is 0 Å². The van der Waals surface area contributed by atoms with E-state index < -0.39 is 29.4 Å². The van der Waals surface area contributed by atoms with Gasteiger partial charge in [-0.15, -0.1) is 0 Å². The number of carbonyl (C=O) groups is 3. The molecule has 0 saturated carbocycles. The van der Waals surface area contributed by atoms with E-state index in [-0.39, 0.29) is 17.1 Å². The van der Waals surface area contributed by atoms with E-state index in [1.165, 1.54) is 18.3 Å². The minimum absolute atomic E-state index is 0.162. The van der Waals surface area contributed by atoms with Crippen molar-refractivity contribution in [2.45, 2.75) is 52.7 Å². The minimum atomic E-state index is -1.03. The van der Waals surface area contributed by atoms with Gasteiger partial charge in [0.2, 0.25) is 0 Å². The molecule has 10 heteroatoms. The molecule has 0 aliphatic carbocycles. The molecular formula is C18H26N4O6. The minimum Gasteiger partial charge on any atom is -0.464 e. The number of esters is 1. The molecule has 0 unspecified atom stereocenters. The second-order valence-corrected chi connectivity index (χ2v) is 7.67. The molecule has 2 N–H and O–H groups in total. The Balaban J connectivity index is 3.57. The molecule has 10 nitrogen and oxygen atoms in total. The molecule has 0 fully saturated rings. The highest BCUT2D eigenvalue weighted by Crippen LogP contribution is 2.25. The second-order valence-electron chi connectivity index (χ2n) is 7.67. The Labute approximate surface area is 163 Å². The zero-order valence-corrected chi connectivity index (χ0v) is 17.1. The summed E-state index contributed by atoms with van der Waals surface area (Å²) in [7, 11) is 1.14. The van der Waals surface area contributed by atoms with Crippen molar-refractivity contribution in [1.82, 2.24) is 4.98 Å². The summed E-state index contributed by atoms with van der Waals surface area (Å²) in [6.45, 7) is 9.82. The lowest BCUT2D eigenvalue weighted by Crippen LogP contribution is -2.44. The lowest BCUT2D eigenvalue weighted by atomic mass is 10.2. The fourth-order valence-electron chi connectivity index (χ4n) is 1.93. The third kappa shape index (κ3) is 6.53. The maximum atomic E-state index is 12.7. The van der Waals surface area contributed by atoms with E-state index in [2.05, 4.69) is 10.1 Å². The monoisotopic (exact) mass is 394 g/mol. The van der Waals surface area contributed by atoms with Crippen LogP contribution in [0, 0.1) is 0 Å². The van der Waals surface area contributed by atoms with E-state index in [1.54, 1.807) is 41.5 Å². The van der Waals surface area contributed by atoms with Gasteiger partial charge in [-0.1, -0.05) is 0 Å². The van der Waals surface area contributed by atoms with Crippen LogP contribution in [-0.2, 0) is 14.2 Å². The third-order valence-corrected chi connectivity index (χ3v) is 2.87. The number of hydrogen-bond acceptors (Lipinski definition) is 9. The van der Waals surface area contributed by atoms with Crippen LogP contribution in [0.15, 0.2) is 17.2 Å². The Morgan fingerprint density at radius 2 is 1.54 bits per heavy atom. The highest BCUT2D eigenvalue weighted by Gasteiger charge is 2.35. The molecule has 154 valence electrons. The summed E-state index contributed by atoms with van der Waals surface area (Å²) < 4.78 is 15.3. The van der Waals surface area contributed by atoms with E-state index in [9.17, 15) is 14.4 Å². The number of nitrogens with zero attached hydrogens (tertiary/aromatic N) is 3. The Kier molecular flexibility index (Phi) is 7.09. The summed E-state index contributed by atoms with van der Waals surface area (Å²) >= 11 is 0. The van der Waals surface area contributed by atoms with Crippen molar-refractivity contribution in [1.29, 1.82) is 0 Å². The standard InChI is InChI=1S/C18H26N4O6/c1-17(2,3)27-15(24)22(16(25)28-18(4,5)6)12-9-8-11(10-20-19)21-13(12)14(23)26-7/h8-10H,19H2,1-7H3/b20-10+. The molecule has 0 atom stereocenters. The van der Waals surface area contributed by atoms with Crippen LogP contribution in [0.1, 0.15) is 57.7 Å². The molecule has 0 aliphatic rings. The first kappa shape index (κ1) is 22.9. The van der Waals surface area contributed by atoms with Crippen molar-refractivity contribution in [3.63, 3.8) is 0 Å². The molecule has 28 heavy (non-hydrogen) atoms. The first-order valence-corrected chi connectivity index (χ1v) is 8.38. The summed E-state index contributed by atoms with van der Waals surface area (Å²) in [5, 5.41) is 3.34. The number of amides is 2. The van der Waals surface area contributed by atoms with Crippen LogP contribution >= 0.6 is 0 Å². The molecule has 0 radical (unpaired) electrons. The van der Waals surface area contributed by atoms with Gasteiger partial charge in [0.15, 0.2) is 5.69 Å². The van der Waals surface area contributed by atoms with E-state index in [0.717, 1.165) is 7.11 Å². The molecule has 0 aromatic carbocycles. The number of pyridine rings is 1. The van der Waals surface area contributed by atoms with Crippen LogP contribution < -0.4 is 10.7 Å². The van der Waals surface area contributed by atoms with Gasteiger partial charge < -0.3 is 20.1 Å². The Morgan fingerprint density at radius 1 is 1.04 bits per heavy atom. The topological polar surface area (TPSA) is 133 Å². The predicted octanol–water partition coefficient (Wildman–Crippen LogP) is 2.84. The number of aromatic nitrogens is 1. The fraction of sp³-hybridized carbons (Fsp3) is 0.500. The number of anilines is 1. The highest BCUT2D eigenvalue weighted by molar-refractivity contribution is 6.13. The Bertz CT molecular complexity index is 749. The number of methoxy groups -OCH3 is 1. The van der Waals surface area contributed by atoms with E-state index in [1.807, 2.05) is 0 Å². The largest absolute Gasteiger partial charge is 0.464 e. The number of nitrogens with two attached hydrogens (primary N) is 1. The Hall–Kier alpha value is -3.17. The molecule has 1 aromatic heterocycles. The maximum Gasteiger partial charge on any atom is 0.424 e. The molecule has 1 heterocycles. The first-order chi connectivity index (χ1) is 12.8. The van der Waals surface area contributed by atoms with Crippen molar-refractivity contribution in [2.75, 3.05) is 12.0 Å². The van der Waals surface area contributed by atoms with Gasteiger partial charge in [-0.05, 0) is 53.7 Å². The summed E-state index contributed by atoms with van der Waals surface area (Å²) in [5.41, 5.74) is -2.05. The quantitative estimate of drug-likeness (QED) is 0.272. The van der Waals surface area contributed by atoms with Gasteiger partial charge in [0.25, 0.3) is 0 Å². The van der Waals surface area contributed by atoms with E-state index >= 15 is 0 Å². The summed E-state index contributed by atoms with van der Waals surface area (Å²) in [6.07, 6.45) is -0.871. The number of hydrogen-bond donors (Lipinski definition) is 1. The van der Waals surface area contributed by atoms with E-state index in [0.29, 0.717) is 4.90 Å². The van der Waals surface area contributed by atoms with Crippen LogP contribution in [-0.4, -0.2) is 47.7 Å². The van der Waals surface area contributed by atoms with Gasteiger partial charge in [0.1, 0.15) is 11.2 Å². The van der Waals surface area contributed by atoms with Crippen molar-refractivity contribution >= 4 is 30.1 Å². The van der Waals surface area contributed by atoms with Gasteiger partial charge in [-0.2, -0.15) is 10.0 Å². The van der Waals surface area contributed by atoms with Gasteiger partial charge in [0, 0.05) is 0 Å². The number of imide groups is 1.